The minimum atomic E-state index is -0.315. The summed E-state index contributed by atoms with van der Waals surface area (Å²) >= 11 is 0. The van der Waals surface area contributed by atoms with Crippen LogP contribution in [0.3, 0.4) is 0 Å². The maximum Gasteiger partial charge on any atom is 0.227 e. The van der Waals surface area contributed by atoms with Gasteiger partial charge in [0.05, 0.1) is 18.9 Å². The fourth-order valence-electron chi connectivity index (χ4n) is 2.97. The first-order valence-electron chi connectivity index (χ1n) is 8.31. The van der Waals surface area contributed by atoms with Gasteiger partial charge in [-0.3, -0.25) is 9.59 Å². The number of nitrogens with zero attached hydrogens (tertiary/aromatic N) is 1. The number of nitrogens with one attached hydrogen (secondary N) is 1. The second-order valence-electron chi connectivity index (χ2n) is 6.26. The van der Waals surface area contributed by atoms with Crippen molar-refractivity contribution < 1.29 is 18.7 Å². The van der Waals surface area contributed by atoms with Gasteiger partial charge in [0, 0.05) is 26.2 Å². The molecule has 1 aromatic carbocycles. The second-order valence-corrected chi connectivity index (χ2v) is 6.26. The molecule has 2 rings (SSSR count). The van der Waals surface area contributed by atoms with E-state index >= 15 is 0 Å². The molecule has 24 heavy (non-hydrogen) atoms. The van der Waals surface area contributed by atoms with Crippen LogP contribution in [0.15, 0.2) is 24.3 Å². The summed E-state index contributed by atoms with van der Waals surface area (Å²) in [4.78, 5) is 26.5. The lowest BCUT2D eigenvalue weighted by molar-refractivity contribution is -0.137. The average Bonchev–Trinajstić information content (AvgIpc) is 2.57. The van der Waals surface area contributed by atoms with Crippen LogP contribution >= 0.6 is 0 Å². The van der Waals surface area contributed by atoms with Gasteiger partial charge in [-0.05, 0) is 37.5 Å². The summed E-state index contributed by atoms with van der Waals surface area (Å²) in [6.07, 6.45) is 1.81. The Hall–Kier alpha value is -1.95. The number of benzene rings is 1. The lowest BCUT2D eigenvalue weighted by Crippen LogP contribution is -2.50. The zero-order valence-electron chi connectivity index (χ0n) is 14.3. The van der Waals surface area contributed by atoms with Gasteiger partial charge in [-0.1, -0.05) is 12.1 Å². The van der Waals surface area contributed by atoms with Crippen LogP contribution in [0.5, 0.6) is 0 Å². The van der Waals surface area contributed by atoms with E-state index in [-0.39, 0.29) is 36.0 Å². The van der Waals surface area contributed by atoms with Crippen LogP contribution in [0.1, 0.15) is 25.3 Å². The van der Waals surface area contributed by atoms with Crippen molar-refractivity contribution in [3.8, 4) is 0 Å². The van der Waals surface area contributed by atoms with E-state index in [0.29, 0.717) is 19.7 Å². The van der Waals surface area contributed by atoms with Crippen LogP contribution in [0.25, 0.3) is 0 Å². The van der Waals surface area contributed by atoms with Gasteiger partial charge in [0.2, 0.25) is 11.8 Å². The molecule has 1 saturated heterocycles. The first-order chi connectivity index (χ1) is 11.5. The molecule has 1 aliphatic rings. The molecule has 0 aromatic heterocycles. The molecule has 5 nitrogen and oxygen atoms in total. The summed E-state index contributed by atoms with van der Waals surface area (Å²) in [7, 11) is 1.59. The van der Waals surface area contributed by atoms with E-state index in [4.69, 9.17) is 4.74 Å². The highest BCUT2D eigenvalue weighted by atomic mass is 19.1. The Balaban J connectivity index is 1.93. The third-order valence-electron chi connectivity index (χ3n) is 4.45. The third kappa shape index (κ3) is 5.03. The summed E-state index contributed by atoms with van der Waals surface area (Å²) in [6.45, 7) is 3.38. The van der Waals surface area contributed by atoms with Gasteiger partial charge in [-0.15, -0.1) is 0 Å². The Labute approximate surface area is 142 Å². The van der Waals surface area contributed by atoms with E-state index in [1.165, 1.54) is 12.1 Å². The molecule has 6 heteroatoms. The Morgan fingerprint density at radius 2 is 2.00 bits per heavy atom. The summed E-state index contributed by atoms with van der Waals surface area (Å²) in [5.41, 5.74) is 0.778. The summed E-state index contributed by atoms with van der Waals surface area (Å²) in [5.74, 6) is -0.553. The first kappa shape index (κ1) is 18.4. The molecule has 1 heterocycles. The predicted molar refractivity (Wildman–Crippen MR) is 88.9 cm³/mol. The first-order valence-corrected chi connectivity index (χ1v) is 8.31. The van der Waals surface area contributed by atoms with Crippen molar-refractivity contribution in [2.45, 2.75) is 32.2 Å². The van der Waals surface area contributed by atoms with Gasteiger partial charge < -0.3 is 15.0 Å². The molecule has 1 aromatic rings. The number of hydrogen-bond acceptors (Lipinski definition) is 3. The molecule has 0 saturated carbocycles. The molecular weight excluding hydrogens is 311 g/mol. The van der Waals surface area contributed by atoms with Crippen molar-refractivity contribution in [3.05, 3.63) is 35.6 Å². The molecule has 1 fully saturated rings. The topological polar surface area (TPSA) is 58.6 Å². The van der Waals surface area contributed by atoms with Gasteiger partial charge >= 0.3 is 0 Å². The standard InChI is InChI=1S/C18H25FN2O3/c1-13-3-6-15(18(23)20-9-10-24-2)12-21(13)17(22)11-14-4-7-16(19)8-5-14/h4-5,7-8,13,15H,3,6,9-12H2,1-2H3,(H,20,23). The minimum absolute atomic E-state index is 0.0245. The van der Waals surface area contributed by atoms with Gasteiger partial charge in [-0.25, -0.2) is 4.39 Å². The number of rotatable bonds is 6. The molecule has 132 valence electrons. The largest absolute Gasteiger partial charge is 0.383 e. The summed E-state index contributed by atoms with van der Waals surface area (Å²) < 4.78 is 17.9. The van der Waals surface area contributed by atoms with Crippen LogP contribution in [-0.4, -0.2) is 49.6 Å². The molecule has 2 unspecified atom stereocenters. The normalized spacial score (nSPS) is 20.7. The van der Waals surface area contributed by atoms with E-state index < -0.39 is 0 Å². The lowest BCUT2D eigenvalue weighted by atomic mass is 9.92. The van der Waals surface area contributed by atoms with Crippen LogP contribution in [-0.2, 0) is 20.7 Å². The molecular formula is C18H25FN2O3. The number of likely N-dealkylation sites (tertiary alicyclic amines) is 1. The summed E-state index contributed by atoms with van der Waals surface area (Å²) in [6, 6.07) is 6.07. The van der Waals surface area contributed by atoms with Crippen molar-refractivity contribution >= 4 is 11.8 Å². The number of amides is 2. The molecule has 1 aliphatic heterocycles. The number of piperidine rings is 1. The molecule has 0 radical (unpaired) electrons. The van der Waals surface area contributed by atoms with Crippen molar-refractivity contribution in [3.63, 3.8) is 0 Å². The van der Waals surface area contributed by atoms with Gasteiger partial charge in [0.1, 0.15) is 5.82 Å². The molecule has 2 atom stereocenters. The second kappa shape index (κ2) is 8.78. The smallest absolute Gasteiger partial charge is 0.227 e. The highest BCUT2D eigenvalue weighted by Gasteiger charge is 2.32. The highest BCUT2D eigenvalue weighted by Crippen LogP contribution is 2.23. The van der Waals surface area contributed by atoms with E-state index in [1.54, 1.807) is 24.1 Å². The van der Waals surface area contributed by atoms with Crippen LogP contribution in [0, 0.1) is 11.7 Å². The van der Waals surface area contributed by atoms with Crippen LogP contribution in [0.2, 0.25) is 0 Å². The molecule has 1 N–H and O–H groups in total. The number of halogens is 1. The van der Waals surface area contributed by atoms with E-state index in [2.05, 4.69) is 5.32 Å². The fourth-order valence-corrected chi connectivity index (χ4v) is 2.97. The number of ether oxygens (including phenoxy) is 1. The Kier molecular flexibility index (Phi) is 6.73. The van der Waals surface area contributed by atoms with Crippen LogP contribution < -0.4 is 5.32 Å². The summed E-state index contributed by atoms with van der Waals surface area (Å²) in [5, 5.41) is 2.84. The number of carbonyl (C=O) groups is 2. The number of methoxy groups -OCH3 is 1. The molecule has 0 spiro atoms. The maximum absolute atomic E-state index is 13.0. The van der Waals surface area contributed by atoms with Gasteiger partial charge in [0.25, 0.3) is 0 Å². The zero-order valence-corrected chi connectivity index (χ0v) is 14.3. The lowest BCUT2D eigenvalue weighted by Gasteiger charge is -2.37. The SMILES string of the molecule is COCCNC(=O)C1CCC(C)N(C(=O)Cc2ccc(F)cc2)C1. The highest BCUT2D eigenvalue weighted by molar-refractivity contribution is 5.82. The Morgan fingerprint density at radius 1 is 1.29 bits per heavy atom. The van der Waals surface area contributed by atoms with Crippen molar-refractivity contribution in [2.75, 3.05) is 26.8 Å². The quantitative estimate of drug-likeness (QED) is 0.806. The monoisotopic (exact) mass is 336 g/mol. The van der Waals surface area contributed by atoms with Gasteiger partial charge in [0.15, 0.2) is 0 Å². The van der Waals surface area contributed by atoms with E-state index in [0.717, 1.165) is 18.4 Å². The van der Waals surface area contributed by atoms with E-state index in [1.807, 2.05) is 6.92 Å². The zero-order chi connectivity index (χ0) is 17.5. The molecule has 0 aliphatic carbocycles. The van der Waals surface area contributed by atoms with Crippen molar-refractivity contribution in [1.82, 2.24) is 10.2 Å². The minimum Gasteiger partial charge on any atom is -0.383 e. The predicted octanol–water partition coefficient (Wildman–Crippen LogP) is 1.76. The average molecular weight is 336 g/mol. The number of hydrogen-bond donors (Lipinski definition) is 1. The van der Waals surface area contributed by atoms with Crippen molar-refractivity contribution in [2.24, 2.45) is 5.92 Å². The Bertz CT molecular complexity index is 562. The third-order valence-corrected chi connectivity index (χ3v) is 4.45. The maximum atomic E-state index is 13.0. The fraction of sp³-hybridized carbons (Fsp3) is 0.556. The van der Waals surface area contributed by atoms with Gasteiger partial charge in [-0.2, -0.15) is 0 Å². The molecule has 0 bridgehead atoms. The van der Waals surface area contributed by atoms with E-state index in [9.17, 15) is 14.0 Å². The van der Waals surface area contributed by atoms with Crippen LogP contribution in [0.4, 0.5) is 4.39 Å². The number of carbonyl (C=O) groups excluding carboxylic acids is 2. The van der Waals surface area contributed by atoms with Crippen molar-refractivity contribution in [1.29, 1.82) is 0 Å². The molecule has 2 amide bonds. The Morgan fingerprint density at radius 3 is 2.67 bits per heavy atom.